The van der Waals surface area contributed by atoms with Gasteiger partial charge in [0.15, 0.2) is 0 Å². The minimum Gasteiger partial charge on any atom is -0.381 e. The number of nitriles is 1. The van der Waals surface area contributed by atoms with Crippen molar-refractivity contribution in [3.8, 4) is 11.8 Å². The molecule has 1 atom stereocenters. The van der Waals surface area contributed by atoms with Crippen LogP contribution in [0.4, 0.5) is 11.4 Å². The number of amides is 1. The van der Waals surface area contributed by atoms with E-state index in [2.05, 4.69) is 11.4 Å². The van der Waals surface area contributed by atoms with Crippen molar-refractivity contribution in [2.75, 3.05) is 16.8 Å². The topological polar surface area (TPSA) is 100.0 Å². The fraction of sp³-hybridized carbons (Fsp3) is 0.125. The monoisotopic (exact) mass is 408 g/mol. The molecule has 1 aliphatic heterocycles. The Morgan fingerprint density at radius 1 is 1.03 bits per heavy atom. The lowest BCUT2D eigenvalue weighted by molar-refractivity contribution is -0.119. The number of carbonyl (C=O) groups is 1. The summed E-state index contributed by atoms with van der Waals surface area (Å²) in [6.45, 7) is 0.643. The van der Waals surface area contributed by atoms with Crippen molar-refractivity contribution >= 4 is 28.2 Å². The summed E-state index contributed by atoms with van der Waals surface area (Å²) in [4.78, 5) is 14.8. The molecule has 152 valence electrons. The molecule has 2 heterocycles. The number of nitrogens with two attached hydrogens (primary N) is 1. The van der Waals surface area contributed by atoms with Crippen molar-refractivity contribution < 1.29 is 4.79 Å². The predicted molar refractivity (Wildman–Crippen MR) is 120 cm³/mol. The Bertz CT molecular complexity index is 1340. The number of hydrogen-bond acceptors (Lipinski definition) is 5. The number of rotatable bonds is 3. The number of hydrogen-bond donors (Lipinski definition) is 2. The quantitative estimate of drug-likeness (QED) is 0.542. The van der Waals surface area contributed by atoms with E-state index in [1.54, 1.807) is 15.6 Å². The average molecular weight is 408 g/mol. The highest BCUT2D eigenvalue weighted by Gasteiger charge is 2.29. The lowest BCUT2D eigenvalue weighted by Gasteiger charge is -2.23. The van der Waals surface area contributed by atoms with Crippen LogP contribution in [0.5, 0.6) is 0 Å². The van der Waals surface area contributed by atoms with Crippen molar-refractivity contribution in [3.05, 3.63) is 84.1 Å². The third-order valence-electron chi connectivity index (χ3n) is 5.51. The summed E-state index contributed by atoms with van der Waals surface area (Å²) in [5, 5.41) is 18.6. The number of nitrogens with one attached hydrogen (secondary N) is 1. The van der Waals surface area contributed by atoms with Gasteiger partial charge >= 0.3 is 0 Å². The second-order valence-electron chi connectivity index (χ2n) is 7.43. The molecule has 3 aromatic carbocycles. The molecule has 1 aliphatic rings. The van der Waals surface area contributed by atoms with Crippen LogP contribution in [0.25, 0.3) is 16.6 Å². The number of anilines is 2. The van der Waals surface area contributed by atoms with Crippen molar-refractivity contribution in [2.45, 2.75) is 12.6 Å². The van der Waals surface area contributed by atoms with E-state index in [-0.39, 0.29) is 12.5 Å². The van der Waals surface area contributed by atoms with Gasteiger partial charge < -0.3 is 16.0 Å². The molecule has 0 bridgehead atoms. The zero-order valence-electron chi connectivity index (χ0n) is 16.7. The molecule has 1 amide bonds. The maximum Gasteiger partial charge on any atom is 0.246 e. The Balaban J connectivity index is 1.65. The number of carbonyl (C=O) groups excluding carboxylic acids is 1. The Labute approximate surface area is 179 Å². The molecule has 0 aliphatic carbocycles. The first kappa shape index (κ1) is 18.9. The van der Waals surface area contributed by atoms with E-state index < -0.39 is 6.04 Å². The first-order valence-corrected chi connectivity index (χ1v) is 10.0. The van der Waals surface area contributed by atoms with Crippen LogP contribution in [-0.4, -0.2) is 28.3 Å². The fourth-order valence-corrected chi connectivity index (χ4v) is 3.98. The van der Waals surface area contributed by atoms with Gasteiger partial charge in [-0.05, 0) is 30.3 Å². The van der Waals surface area contributed by atoms with Gasteiger partial charge in [0, 0.05) is 11.9 Å². The molecule has 1 aromatic heterocycles. The second-order valence-corrected chi connectivity index (χ2v) is 7.43. The van der Waals surface area contributed by atoms with Crippen LogP contribution in [0.2, 0.25) is 0 Å². The lowest BCUT2D eigenvalue weighted by atomic mass is 10.1. The zero-order valence-corrected chi connectivity index (χ0v) is 16.7. The minimum absolute atomic E-state index is 0.159. The third-order valence-corrected chi connectivity index (χ3v) is 5.51. The smallest absolute Gasteiger partial charge is 0.246 e. The number of benzene rings is 3. The largest absolute Gasteiger partial charge is 0.381 e. The predicted octanol–water partition coefficient (Wildman–Crippen LogP) is 3.18. The molecule has 31 heavy (non-hydrogen) atoms. The molecule has 7 nitrogen and oxygen atoms in total. The third kappa shape index (κ3) is 3.19. The summed E-state index contributed by atoms with van der Waals surface area (Å²) in [7, 11) is 0. The molecule has 0 unspecified atom stereocenters. The molecule has 4 aromatic rings. The second kappa shape index (κ2) is 7.59. The molecular weight excluding hydrogens is 388 g/mol. The van der Waals surface area contributed by atoms with Crippen LogP contribution in [0, 0.1) is 11.3 Å². The normalized spacial score (nSPS) is 15.8. The molecule has 7 heteroatoms. The zero-order chi connectivity index (χ0) is 21.4. The Kier molecular flexibility index (Phi) is 4.62. The first-order valence-electron chi connectivity index (χ1n) is 10.0. The lowest BCUT2D eigenvalue weighted by Crippen LogP contribution is -2.45. The van der Waals surface area contributed by atoms with Crippen LogP contribution in [0.3, 0.4) is 0 Å². The highest BCUT2D eigenvalue weighted by Crippen LogP contribution is 2.31. The number of nitrogens with zero attached hydrogens (tertiary/aromatic N) is 4. The van der Waals surface area contributed by atoms with E-state index in [9.17, 15) is 10.1 Å². The number of aromatic nitrogens is 2. The first-order chi connectivity index (χ1) is 15.2. The molecule has 0 saturated carbocycles. The summed E-state index contributed by atoms with van der Waals surface area (Å²) in [6.07, 6.45) is 0. The van der Waals surface area contributed by atoms with Crippen molar-refractivity contribution in [1.82, 2.24) is 9.78 Å². The standard InChI is InChI=1S/C24H20N6O/c25-13-16-7-1-4-10-21(16)30-22-11-5-2-8-17(22)20(28-30)15-29-23-12-6-3-9-19(23)27-14-18(26)24(29)31/h1-12,18,27H,14-15,26H2/t18-/m0/s1. The van der Waals surface area contributed by atoms with E-state index in [0.29, 0.717) is 17.8 Å². The number of para-hydroxylation sites is 4. The number of fused-ring (bicyclic) bond motifs is 2. The van der Waals surface area contributed by atoms with Gasteiger partial charge in [-0.3, -0.25) is 4.79 Å². The van der Waals surface area contributed by atoms with Crippen LogP contribution >= 0.6 is 0 Å². The Hall–Kier alpha value is -4.15. The van der Waals surface area contributed by atoms with Crippen LogP contribution < -0.4 is 16.0 Å². The van der Waals surface area contributed by atoms with Gasteiger partial charge in [-0.25, -0.2) is 4.68 Å². The fourth-order valence-electron chi connectivity index (χ4n) is 3.98. The van der Waals surface area contributed by atoms with Gasteiger partial charge in [-0.15, -0.1) is 0 Å². The van der Waals surface area contributed by atoms with Gasteiger partial charge in [0.2, 0.25) is 5.91 Å². The summed E-state index contributed by atoms with van der Waals surface area (Å²) in [6, 6.07) is 24.4. The van der Waals surface area contributed by atoms with Crippen LogP contribution in [-0.2, 0) is 11.3 Å². The highest BCUT2D eigenvalue weighted by atomic mass is 16.2. The summed E-state index contributed by atoms with van der Waals surface area (Å²) in [5.74, 6) is -0.159. The molecule has 0 spiro atoms. The Morgan fingerprint density at radius 3 is 2.58 bits per heavy atom. The van der Waals surface area contributed by atoms with E-state index >= 15 is 0 Å². The summed E-state index contributed by atoms with van der Waals surface area (Å²) in [5.41, 5.74) is 10.6. The SMILES string of the molecule is N#Cc1ccccc1-n1nc(CN2C(=O)[C@@H](N)CNc3ccccc32)c2ccccc21. The van der Waals surface area contributed by atoms with Crippen LogP contribution in [0.15, 0.2) is 72.8 Å². The average Bonchev–Trinajstić information content (AvgIpc) is 3.13. The van der Waals surface area contributed by atoms with Crippen molar-refractivity contribution in [2.24, 2.45) is 5.73 Å². The van der Waals surface area contributed by atoms with Gasteiger partial charge in [-0.2, -0.15) is 10.4 Å². The molecule has 0 fully saturated rings. The molecule has 5 rings (SSSR count). The van der Waals surface area contributed by atoms with E-state index in [0.717, 1.165) is 28.0 Å². The maximum atomic E-state index is 13.1. The van der Waals surface area contributed by atoms with Gasteiger partial charge in [0.1, 0.15) is 12.1 Å². The maximum absolute atomic E-state index is 13.1. The van der Waals surface area contributed by atoms with E-state index in [1.165, 1.54) is 0 Å². The van der Waals surface area contributed by atoms with Crippen molar-refractivity contribution in [1.29, 1.82) is 5.26 Å². The van der Waals surface area contributed by atoms with Crippen LogP contribution in [0.1, 0.15) is 11.3 Å². The molecule has 0 saturated heterocycles. The highest BCUT2D eigenvalue weighted by molar-refractivity contribution is 6.02. The Morgan fingerprint density at radius 2 is 1.74 bits per heavy atom. The van der Waals surface area contributed by atoms with E-state index in [4.69, 9.17) is 10.8 Å². The molecular formula is C24H20N6O. The molecule has 0 radical (unpaired) electrons. The van der Waals surface area contributed by atoms with E-state index in [1.807, 2.05) is 66.7 Å². The van der Waals surface area contributed by atoms with Gasteiger partial charge in [0.05, 0.1) is 40.4 Å². The van der Waals surface area contributed by atoms with Crippen molar-refractivity contribution in [3.63, 3.8) is 0 Å². The summed E-state index contributed by atoms with van der Waals surface area (Å²) < 4.78 is 1.77. The van der Waals surface area contributed by atoms with Gasteiger partial charge in [-0.1, -0.05) is 42.5 Å². The minimum atomic E-state index is -0.653. The molecule has 3 N–H and O–H groups in total. The van der Waals surface area contributed by atoms with Gasteiger partial charge in [0.25, 0.3) is 0 Å². The summed E-state index contributed by atoms with van der Waals surface area (Å²) >= 11 is 0.